The van der Waals surface area contributed by atoms with E-state index in [0.29, 0.717) is 12.6 Å². The molecule has 3 nitrogen and oxygen atoms in total. The summed E-state index contributed by atoms with van der Waals surface area (Å²) in [6, 6.07) is 0.404. The first kappa shape index (κ1) is 9.96. The van der Waals surface area contributed by atoms with Crippen LogP contribution in [0, 0.1) is 5.41 Å². The lowest BCUT2D eigenvalue weighted by atomic mass is 9.84. The summed E-state index contributed by atoms with van der Waals surface area (Å²) in [5.74, 6) is 0. The number of nitrogens with two attached hydrogens (primary N) is 1. The van der Waals surface area contributed by atoms with Crippen LogP contribution in [0.4, 0.5) is 0 Å². The molecule has 0 spiro atoms. The Balaban J connectivity index is 2.47. The summed E-state index contributed by atoms with van der Waals surface area (Å²) < 4.78 is 0. The van der Waals surface area contributed by atoms with Gasteiger partial charge in [0.1, 0.15) is 0 Å². The van der Waals surface area contributed by atoms with Crippen molar-refractivity contribution in [3.63, 3.8) is 0 Å². The molecule has 72 valence electrons. The van der Waals surface area contributed by atoms with Crippen LogP contribution in [0.15, 0.2) is 0 Å². The van der Waals surface area contributed by atoms with Gasteiger partial charge >= 0.3 is 0 Å². The minimum atomic E-state index is -0.124. The van der Waals surface area contributed by atoms with E-state index in [1.165, 1.54) is 0 Å². The van der Waals surface area contributed by atoms with Gasteiger partial charge in [-0.25, -0.2) is 0 Å². The maximum absolute atomic E-state index is 9.15. The van der Waals surface area contributed by atoms with Crippen molar-refractivity contribution >= 4 is 0 Å². The number of hydrogen-bond donors (Lipinski definition) is 2. The molecule has 3 heteroatoms. The second-order valence-corrected chi connectivity index (χ2v) is 4.73. The maximum Gasteiger partial charge on any atom is 0.0794 e. The van der Waals surface area contributed by atoms with E-state index in [1.807, 2.05) is 0 Å². The zero-order valence-electron chi connectivity index (χ0n) is 8.25. The van der Waals surface area contributed by atoms with Gasteiger partial charge in [0.2, 0.25) is 0 Å². The highest BCUT2D eigenvalue weighted by molar-refractivity contribution is 4.91. The zero-order chi connectivity index (χ0) is 9.35. The quantitative estimate of drug-likeness (QED) is 0.618. The fourth-order valence-corrected chi connectivity index (χ4v) is 1.79. The Labute approximate surface area is 74.5 Å². The van der Waals surface area contributed by atoms with Gasteiger partial charge < -0.3 is 10.8 Å². The minimum Gasteiger partial charge on any atom is -0.390 e. The van der Waals surface area contributed by atoms with Crippen molar-refractivity contribution in [3.05, 3.63) is 0 Å². The Morgan fingerprint density at radius 1 is 1.50 bits per heavy atom. The Kier molecular flexibility index (Phi) is 2.76. The Morgan fingerprint density at radius 3 is 2.25 bits per heavy atom. The van der Waals surface area contributed by atoms with Crippen LogP contribution in [-0.4, -0.2) is 41.8 Å². The van der Waals surface area contributed by atoms with Gasteiger partial charge in [-0.3, -0.25) is 4.90 Å². The average Bonchev–Trinajstić information content (AvgIpc) is 1.82. The van der Waals surface area contributed by atoms with Crippen LogP contribution in [-0.2, 0) is 0 Å². The maximum atomic E-state index is 9.15. The van der Waals surface area contributed by atoms with E-state index in [-0.39, 0.29) is 11.5 Å². The Hall–Kier alpha value is -0.120. The van der Waals surface area contributed by atoms with Crippen LogP contribution < -0.4 is 5.73 Å². The Morgan fingerprint density at radius 2 is 2.00 bits per heavy atom. The van der Waals surface area contributed by atoms with E-state index >= 15 is 0 Å². The number of hydrogen-bond acceptors (Lipinski definition) is 3. The first-order valence-corrected chi connectivity index (χ1v) is 4.57. The van der Waals surface area contributed by atoms with Crippen molar-refractivity contribution in [2.24, 2.45) is 11.1 Å². The monoisotopic (exact) mass is 172 g/mol. The van der Waals surface area contributed by atoms with Crippen molar-refractivity contribution in [1.82, 2.24) is 4.90 Å². The Bertz CT molecular complexity index is 147. The largest absolute Gasteiger partial charge is 0.390 e. The third-order valence-electron chi connectivity index (χ3n) is 2.55. The standard InChI is InChI=1S/C9H20N2O/c1-9(2,3)8(4-10)11-5-7(12)6-11/h7-8,12H,4-6,10H2,1-3H3. The fraction of sp³-hybridized carbons (Fsp3) is 1.00. The number of rotatable bonds is 2. The van der Waals surface area contributed by atoms with Gasteiger partial charge in [-0.15, -0.1) is 0 Å². The molecule has 1 saturated heterocycles. The lowest BCUT2D eigenvalue weighted by molar-refractivity contribution is -0.0494. The molecule has 1 unspecified atom stereocenters. The molecule has 0 saturated carbocycles. The average molecular weight is 172 g/mol. The van der Waals surface area contributed by atoms with Crippen LogP contribution in [0.2, 0.25) is 0 Å². The zero-order valence-corrected chi connectivity index (χ0v) is 8.25. The molecular formula is C9H20N2O. The lowest BCUT2D eigenvalue weighted by Gasteiger charge is -2.47. The predicted molar refractivity (Wildman–Crippen MR) is 49.9 cm³/mol. The first-order valence-electron chi connectivity index (χ1n) is 4.57. The smallest absolute Gasteiger partial charge is 0.0794 e. The number of likely N-dealkylation sites (tertiary alicyclic amines) is 1. The van der Waals surface area contributed by atoms with Gasteiger partial charge in [-0.2, -0.15) is 0 Å². The van der Waals surface area contributed by atoms with Gasteiger partial charge in [-0.05, 0) is 5.41 Å². The molecule has 1 heterocycles. The summed E-state index contributed by atoms with van der Waals surface area (Å²) in [7, 11) is 0. The molecule has 0 bridgehead atoms. The summed E-state index contributed by atoms with van der Waals surface area (Å²) in [6.45, 7) is 8.83. The van der Waals surface area contributed by atoms with E-state index in [9.17, 15) is 0 Å². The highest BCUT2D eigenvalue weighted by Gasteiger charge is 2.36. The number of β-amino-alcohol motifs (C(OH)–C–C–N with tert-alkyl or cyclic N) is 1. The summed E-state index contributed by atoms with van der Waals surface area (Å²) in [5.41, 5.74) is 5.91. The van der Waals surface area contributed by atoms with E-state index < -0.39 is 0 Å². The molecule has 3 N–H and O–H groups in total. The van der Waals surface area contributed by atoms with Crippen molar-refractivity contribution in [3.8, 4) is 0 Å². The highest BCUT2D eigenvalue weighted by atomic mass is 16.3. The molecule has 1 rings (SSSR count). The molecule has 0 amide bonds. The van der Waals surface area contributed by atoms with Crippen LogP contribution >= 0.6 is 0 Å². The molecule has 0 aromatic heterocycles. The summed E-state index contributed by atoms with van der Waals surface area (Å²) >= 11 is 0. The van der Waals surface area contributed by atoms with Crippen molar-refractivity contribution in [2.45, 2.75) is 32.9 Å². The summed E-state index contributed by atoms with van der Waals surface area (Å²) in [4.78, 5) is 2.25. The van der Waals surface area contributed by atoms with Crippen LogP contribution in [0.3, 0.4) is 0 Å². The van der Waals surface area contributed by atoms with E-state index in [0.717, 1.165) is 13.1 Å². The van der Waals surface area contributed by atoms with Gasteiger partial charge in [-0.1, -0.05) is 20.8 Å². The van der Waals surface area contributed by atoms with E-state index in [1.54, 1.807) is 0 Å². The van der Waals surface area contributed by atoms with Crippen LogP contribution in [0.5, 0.6) is 0 Å². The van der Waals surface area contributed by atoms with E-state index in [4.69, 9.17) is 10.8 Å². The molecule has 0 radical (unpaired) electrons. The number of aliphatic hydroxyl groups excluding tert-OH is 1. The highest BCUT2D eigenvalue weighted by Crippen LogP contribution is 2.26. The predicted octanol–water partition coefficient (Wildman–Crippen LogP) is 0.0363. The molecule has 1 fully saturated rings. The van der Waals surface area contributed by atoms with Crippen molar-refractivity contribution in [1.29, 1.82) is 0 Å². The van der Waals surface area contributed by atoms with Gasteiger partial charge in [0, 0.05) is 25.7 Å². The third kappa shape index (κ3) is 1.97. The summed E-state index contributed by atoms with van der Waals surface area (Å²) in [6.07, 6.45) is -0.124. The molecule has 1 aliphatic heterocycles. The van der Waals surface area contributed by atoms with E-state index in [2.05, 4.69) is 25.7 Å². The molecule has 0 aromatic carbocycles. The van der Waals surface area contributed by atoms with Gasteiger partial charge in [0.25, 0.3) is 0 Å². The molecule has 0 aliphatic carbocycles. The SMILES string of the molecule is CC(C)(C)C(CN)N1CC(O)C1. The number of aliphatic hydroxyl groups is 1. The normalized spacial score (nSPS) is 23.8. The second-order valence-electron chi connectivity index (χ2n) is 4.73. The first-order chi connectivity index (χ1) is 5.45. The summed E-state index contributed by atoms with van der Waals surface area (Å²) in [5, 5.41) is 9.15. The number of nitrogens with zero attached hydrogens (tertiary/aromatic N) is 1. The van der Waals surface area contributed by atoms with Crippen molar-refractivity contribution in [2.75, 3.05) is 19.6 Å². The van der Waals surface area contributed by atoms with Crippen LogP contribution in [0.1, 0.15) is 20.8 Å². The second kappa shape index (κ2) is 3.32. The molecule has 12 heavy (non-hydrogen) atoms. The molecule has 0 aromatic rings. The molecular weight excluding hydrogens is 152 g/mol. The molecule has 1 atom stereocenters. The van der Waals surface area contributed by atoms with Gasteiger partial charge in [0.15, 0.2) is 0 Å². The fourth-order valence-electron chi connectivity index (χ4n) is 1.79. The van der Waals surface area contributed by atoms with Crippen LogP contribution in [0.25, 0.3) is 0 Å². The minimum absolute atomic E-state index is 0.124. The third-order valence-corrected chi connectivity index (χ3v) is 2.55. The van der Waals surface area contributed by atoms with Crippen molar-refractivity contribution < 1.29 is 5.11 Å². The van der Waals surface area contributed by atoms with Gasteiger partial charge in [0.05, 0.1) is 6.10 Å². The lowest BCUT2D eigenvalue weighted by Crippen LogP contribution is -2.61. The topological polar surface area (TPSA) is 49.5 Å². The molecule has 1 aliphatic rings.